The maximum Gasteiger partial charge on any atom is 0.226 e. The van der Waals surface area contributed by atoms with Crippen molar-refractivity contribution in [2.45, 2.75) is 24.6 Å². The molecule has 1 aliphatic carbocycles. The number of likely N-dealkylation sites (N-methyl/N-ethyl adjacent to an activating group) is 1. The standard InChI is InChI=1S/C14H16Cl2FNO/c1-18(8-9-5-10(15)6-9)14(19)7-11-12(16)3-2-4-13(11)17/h2-4,9-10H,5-8H2,1H3. The van der Waals surface area contributed by atoms with Gasteiger partial charge in [0, 0.05) is 29.6 Å². The van der Waals surface area contributed by atoms with Crippen LogP contribution in [0, 0.1) is 11.7 Å². The maximum atomic E-state index is 13.6. The van der Waals surface area contributed by atoms with E-state index in [9.17, 15) is 9.18 Å². The number of carbonyl (C=O) groups is 1. The molecule has 0 spiro atoms. The third-order valence-electron chi connectivity index (χ3n) is 3.53. The van der Waals surface area contributed by atoms with Crippen molar-refractivity contribution in [1.29, 1.82) is 0 Å². The zero-order valence-electron chi connectivity index (χ0n) is 10.7. The Labute approximate surface area is 122 Å². The summed E-state index contributed by atoms with van der Waals surface area (Å²) in [6.07, 6.45) is 1.89. The van der Waals surface area contributed by atoms with Crippen LogP contribution in [0.2, 0.25) is 5.02 Å². The molecule has 0 heterocycles. The highest BCUT2D eigenvalue weighted by Crippen LogP contribution is 2.32. The Bertz CT molecular complexity index is 454. The van der Waals surface area contributed by atoms with Crippen molar-refractivity contribution in [1.82, 2.24) is 4.90 Å². The Hall–Kier alpha value is -0.800. The van der Waals surface area contributed by atoms with Gasteiger partial charge in [0.05, 0.1) is 6.42 Å². The zero-order chi connectivity index (χ0) is 14.0. The first-order valence-corrected chi connectivity index (χ1v) is 7.09. The first kappa shape index (κ1) is 14.6. The predicted octanol–water partition coefficient (Wildman–Crippen LogP) is 3.50. The molecule has 0 bridgehead atoms. The molecule has 2 rings (SSSR count). The lowest BCUT2D eigenvalue weighted by Gasteiger charge is -2.34. The lowest BCUT2D eigenvalue weighted by atomic mass is 9.84. The Kier molecular flexibility index (Phi) is 4.69. The minimum Gasteiger partial charge on any atom is -0.345 e. The van der Waals surface area contributed by atoms with Gasteiger partial charge in [-0.25, -0.2) is 4.39 Å². The van der Waals surface area contributed by atoms with Gasteiger partial charge in [0.2, 0.25) is 5.91 Å². The third-order valence-corrected chi connectivity index (χ3v) is 4.24. The van der Waals surface area contributed by atoms with Crippen LogP contribution in [-0.4, -0.2) is 29.8 Å². The first-order valence-electron chi connectivity index (χ1n) is 6.28. The Balaban J connectivity index is 1.93. The molecular weight excluding hydrogens is 288 g/mol. The molecule has 1 aromatic carbocycles. The van der Waals surface area contributed by atoms with Crippen LogP contribution >= 0.6 is 23.2 Å². The van der Waals surface area contributed by atoms with Gasteiger partial charge in [0.1, 0.15) is 5.82 Å². The topological polar surface area (TPSA) is 20.3 Å². The van der Waals surface area contributed by atoms with E-state index in [1.807, 2.05) is 0 Å². The molecule has 1 aliphatic rings. The van der Waals surface area contributed by atoms with E-state index in [0.717, 1.165) is 12.8 Å². The van der Waals surface area contributed by atoms with Crippen LogP contribution in [-0.2, 0) is 11.2 Å². The second kappa shape index (κ2) is 6.10. The van der Waals surface area contributed by atoms with Crippen molar-refractivity contribution >= 4 is 29.1 Å². The number of hydrogen-bond donors (Lipinski definition) is 0. The summed E-state index contributed by atoms with van der Waals surface area (Å²) < 4.78 is 13.6. The largest absolute Gasteiger partial charge is 0.345 e. The number of hydrogen-bond acceptors (Lipinski definition) is 1. The molecule has 0 N–H and O–H groups in total. The molecular formula is C14H16Cl2FNO. The molecule has 0 atom stereocenters. The molecule has 0 saturated heterocycles. The molecule has 1 amide bonds. The van der Waals surface area contributed by atoms with Crippen molar-refractivity contribution in [3.8, 4) is 0 Å². The van der Waals surface area contributed by atoms with E-state index in [-0.39, 0.29) is 23.3 Å². The molecule has 104 valence electrons. The number of alkyl halides is 1. The third kappa shape index (κ3) is 3.61. The fourth-order valence-corrected chi connectivity index (χ4v) is 3.01. The summed E-state index contributed by atoms with van der Waals surface area (Å²) in [5.74, 6) is -0.0868. The highest BCUT2D eigenvalue weighted by atomic mass is 35.5. The number of benzene rings is 1. The molecule has 0 aliphatic heterocycles. The Morgan fingerprint density at radius 3 is 2.74 bits per heavy atom. The molecule has 1 fully saturated rings. The van der Waals surface area contributed by atoms with E-state index < -0.39 is 5.82 Å². The van der Waals surface area contributed by atoms with E-state index >= 15 is 0 Å². The molecule has 1 aromatic rings. The Morgan fingerprint density at radius 1 is 1.47 bits per heavy atom. The summed E-state index contributed by atoms with van der Waals surface area (Å²) in [6, 6.07) is 4.44. The lowest BCUT2D eigenvalue weighted by Crippen LogP contribution is -2.38. The van der Waals surface area contributed by atoms with Crippen molar-refractivity contribution < 1.29 is 9.18 Å². The van der Waals surface area contributed by atoms with Crippen LogP contribution in [0.1, 0.15) is 18.4 Å². The number of amides is 1. The fourth-order valence-electron chi connectivity index (χ4n) is 2.28. The van der Waals surface area contributed by atoms with Crippen molar-refractivity contribution in [2.24, 2.45) is 5.92 Å². The highest BCUT2D eigenvalue weighted by molar-refractivity contribution is 6.31. The average molecular weight is 304 g/mol. The van der Waals surface area contributed by atoms with Gasteiger partial charge in [-0.2, -0.15) is 0 Å². The summed E-state index contributed by atoms with van der Waals surface area (Å²) in [7, 11) is 1.73. The second-order valence-corrected chi connectivity index (χ2v) is 6.11. The van der Waals surface area contributed by atoms with Crippen LogP contribution in [0.4, 0.5) is 4.39 Å². The molecule has 19 heavy (non-hydrogen) atoms. The van der Waals surface area contributed by atoms with Crippen LogP contribution < -0.4 is 0 Å². The van der Waals surface area contributed by atoms with Crippen molar-refractivity contribution in [2.75, 3.05) is 13.6 Å². The average Bonchev–Trinajstić information content (AvgIpc) is 2.31. The van der Waals surface area contributed by atoms with E-state index in [4.69, 9.17) is 23.2 Å². The van der Waals surface area contributed by atoms with Crippen molar-refractivity contribution in [3.05, 3.63) is 34.6 Å². The Morgan fingerprint density at radius 2 is 2.16 bits per heavy atom. The van der Waals surface area contributed by atoms with Gasteiger partial charge in [-0.3, -0.25) is 4.79 Å². The highest BCUT2D eigenvalue weighted by Gasteiger charge is 2.29. The number of halogens is 3. The SMILES string of the molecule is CN(CC1CC(Cl)C1)C(=O)Cc1c(F)cccc1Cl. The normalized spacial score (nSPS) is 21.9. The predicted molar refractivity (Wildman–Crippen MR) is 75.1 cm³/mol. The monoisotopic (exact) mass is 303 g/mol. The van der Waals surface area contributed by atoms with E-state index in [1.54, 1.807) is 18.0 Å². The molecule has 1 saturated carbocycles. The summed E-state index contributed by atoms with van der Waals surface area (Å²) in [4.78, 5) is 13.7. The first-order chi connectivity index (χ1) is 8.97. The number of carbonyl (C=O) groups excluding carboxylic acids is 1. The smallest absolute Gasteiger partial charge is 0.226 e. The fraction of sp³-hybridized carbons (Fsp3) is 0.500. The van der Waals surface area contributed by atoms with Crippen LogP contribution in [0.25, 0.3) is 0 Å². The van der Waals surface area contributed by atoms with Gasteiger partial charge < -0.3 is 4.90 Å². The summed E-state index contributed by atoms with van der Waals surface area (Å²) >= 11 is 11.8. The van der Waals surface area contributed by atoms with Crippen LogP contribution in [0.5, 0.6) is 0 Å². The maximum absolute atomic E-state index is 13.6. The van der Waals surface area contributed by atoms with E-state index in [2.05, 4.69) is 0 Å². The summed E-state index contributed by atoms with van der Waals surface area (Å²) in [6.45, 7) is 0.675. The van der Waals surface area contributed by atoms with Gasteiger partial charge >= 0.3 is 0 Å². The van der Waals surface area contributed by atoms with E-state index in [1.165, 1.54) is 12.1 Å². The van der Waals surface area contributed by atoms with Gasteiger partial charge in [-0.05, 0) is 30.9 Å². The molecule has 2 nitrogen and oxygen atoms in total. The number of nitrogens with zero attached hydrogens (tertiary/aromatic N) is 1. The quantitative estimate of drug-likeness (QED) is 0.780. The van der Waals surface area contributed by atoms with E-state index in [0.29, 0.717) is 17.5 Å². The van der Waals surface area contributed by atoms with Crippen LogP contribution in [0.3, 0.4) is 0 Å². The molecule has 5 heteroatoms. The summed E-state index contributed by atoms with van der Waals surface area (Å²) in [5.41, 5.74) is 0.268. The minimum absolute atomic E-state index is 0.000962. The zero-order valence-corrected chi connectivity index (χ0v) is 12.2. The molecule has 0 aromatic heterocycles. The second-order valence-electron chi connectivity index (χ2n) is 5.09. The van der Waals surface area contributed by atoms with Gasteiger partial charge in [0.15, 0.2) is 0 Å². The van der Waals surface area contributed by atoms with Gasteiger partial charge in [-0.15, -0.1) is 11.6 Å². The molecule has 0 unspecified atom stereocenters. The molecule has 0 radical (unpaired) electrons. The van der Waals surface area contributed by atoms with Gasteiger partial charge in [-0.1, -0.05) is 17.7 Å². The number of rotatable bonds is 4. The lowest BCUT2D eigenvalue weighted by molar-refractivity contribution is -0.130. The summed E-state index contributed by atoms with van der Waals surface area (Å²) in [5, 5.41) is 0.542. The van der Waals surface area contributed by atoms with Crippen LogP contribution in [0.15, 0.2) is 18.2 Å². The minimum atomic E-state index is -0.432. The van der Waals surface area contributed by atoms with Crippen molar-refractivity contribution in [3.63, 3.8) is 0 Å². The van der Waals surface area contributed by atoms with Gasteiger partial charge in [0.25, 0.3) is 0 Å².